The number of carbonyl (C=O) groups is 2. The van der Waals surface area contributed by atoms with Crippen LogP contribution < -0.4 is 5.32 Å². The highest BCUT2D eigenvalue weighted by Crippen LogP contribution is 2.21. The lowest BCUT2D eigenvalue weighted by Crippen LogP contribution is -2.40. The Hall–Kier alpha value is -2.17. The van der Waals surface area contributed by atoms with Crippen molar-refractivity contribution in [2.75, 3.05) is 26.7 Å². The second kappa shape index (κ2) is 11.0. The number of piperidine rings is 1. The van der Waals surface area contributed by atoms with Crippen molar-refractivity contribution in [3.63, 3.8) is 0 Å². The molecule has 0 atom stereocenters. The van der Waals surface area contributed by atoms with Gasteiger partial charge in [0.25, 0.3) is 0 Å². The van der Waals surface area contributed by atoms with E-state index in [0.717, 1.165) is 43.6 Å². The average Bonchev–Trinajstić information content (AvgIpc) is 2.73. The van der Waals surface area contributed by atoms with Crippen molar-refractivity contribution in [3.8, 4) is 11.1 Å². The Labute approximate surface area is 173 Å². The van der Waals surface area contributed by atoms with E-state index in [1.54, 1.807) is 0 Å². The van der Waals surface area contributed by atoms with E-state index in [-0.39, 0.29) is 30.5 Å². The van der Waals surface area contributed by atoms with Crippen molar-refractivity contribution in [3.05, 3.63) is 60.2 Å². The van der Waals surface area contributed by atoms with Crippen LogP contribution in [0.2, 0.25) is 0 Å². The minimum absolute atomic E-state index is 0. The highest BCUT2D eigenvalue weighted by Gasteiger charge is 2.22. The lowest BCUT2D eigenvalue weighted by atomic mass is 9.96. The van der Waals surface area contributed by atoms with Crippen molar-refractivity contribution in [1.29, 1.82) is 0 Å². The monoisotopic (exact) mass is 400 g/mol. The molecule has 0 spiro atoms. The molecule has 1 fully saturated rings. The molecule has 1 aliphatic rings. The molecule has 5 heteroatoms. The summed E-state index contributed by atoms with van der Waals surface area (Å²) in [4.78, 5) is 26.7. The number of carbonyl (C=O) groups excluding carboxylic acids is 2. The number of nitrogens with one attached hydrogen (secondary N) is 1. The van der Waals surface area contributed by atoms with Crippen LogP contribution >= 0.6 is 12.4 Å². The number of ketones is 1. The Balaban J connectivity index is 0.00000280. The van der Waals surface area contributed by atoms with E-state index in [0.29, 0.717) is 17.9 Å². The molecule has 4 nitrogen and oxygen atoms in total. The van der Waals surface area contributed by atoms with Gasteiger partial charge in [-0.05, 0) is 43.5 Å². The maximum atomic E-state index is 12.4. The molecule has 0 saturated carbocycles. The Morgan fingerprint density at radius 1 is 0.929 bits per heavy atom. The fourth-order valence-electron chi connectivity index (χ4n) is 3.68. The molecule has 0 radical (unpaired) electrons. The molecule has 0 aromatic heterocycles. The van der Waals surface area contributed by atoms with Crippen LogP contribution in [0.15, 0.2) is 54.6 Å². The highest BCUT2D eigenvalue weighted by atomic mass is 35.5. The first-order valence-electron chi connectivity index (χ1n) is 9.78. The molecule has 2 aromatic carbocycles. The van der Waals surface area contributed by atoms with E-state index in [1.807, 2.05) is 54.4 Å². The standard InChI is InChI=1S/C23H28N2O2.ClH/c1-24-17-18-13-15-25(16-14-18)23(27)12-11-22(26)21-9-7-20(8-10-21)19-5-3-2-4-6-19;/h2-10,18,24H,11-17H2,1H3;1H. The third-order valence-electron chi connectivity index (χ3n) is 5.34. The van der Waals surface area contributed by atoms with Crippen LogP contribution in [-0.4, -0.2) is 43.3 Å². The first-order chi connectivity index (χ1) is 13.2. The molecular formula is C23H29ClN2O2. The van der Waals surface area contributed by atoms with Crippen molar-refractivity contribution in [2.24, 2.45) is 5.92 Å². The van der Waals surface area contributed by atoms with E-state index in [4.69, 9.17) is 0 Å². The number of hydrogen-bond acceptors (Lipinski definition) is 3. The molecule has 1 N–H and O–H groups in total. The summed E-state index contributed by atoms with van der Waals surface area (Å²) >= 11 is 0. The van der Waals surface area contributed by atoms with E-state index in [2.05, 4.69) is 17.4 Å². The third-order valence-corrected chi connectivity index (χ3v) is 5.34. The summed E-state index contributed by atoms with van der Waals surface area (Å²) < 4.78 is 0. The Kier molecular flexibility index (Phi) is 8.68. The first kappa shape index (κ1) is 22.1. The van der Waals surface area contributed by atoms with Gasteiger partial charge in [-0.25, -0.2) is 0 Å². The van der Waals surface area contributed by atoms with E-state index >= 15 is 0 Å². The van der Waals surface area contributed by atoms with Gasteiger partial charge >= 0.3 is 0 Å². The fraction of sp³-hybridized carbons (Fsp3) is 0.391. The third kappa shape index (κ3) is 5.91. The second-order valence-corrected chi connectivity index (χ2v) is 7.25. The van der Waals surface area contributed by atoms with Crippen LogP contribution in [0.4, 0.5) is 0 Å². The Bertz CT molecular complexity index is 754. The molecule has 3 rings (SSSR count). The smallest absolute Gasteiger partial charge is 0.223 e. The highest BCUT2D eigenvalue weighted by molar-refractivity contribution is 5.98. The molecular weight excluding hydrogens is 372 g/mol. The molecule has 1 heterocycles. The van der Waals surface area contributed by atoms with Gasteiger partial charge in [-0.1, -0.05) is 54.6 Å². The van der Waals surface area contributed by atoms with Crippen LogP contribution in [0, 0.1) is 5.92 Å². The van der Waals surface area contributed by atoms with Gasteiger partial charge in [-0.15, -0.1) is 12.4 Å². The molecule has 0 unspecified atom stereocenters. The van der Waals surface area contributed by atoms with Gasteiger partial charge in [0.1, 0.15) is 0 Å². The summed E-state index contributed by atoms with van der Waals surface area (Å²) in [5.74, 6) is 0.795. The van der Waals surface area contributed by atoms with Gasteiger partial charge in [-0.3, -0.25) is 9.59 Å². The Morgan fingerprint density at radius 2 is 1.54 bits per heavy atom. The largest absolute Gasteiger partial charge is 0.343 e. The quantitative estimate of drug-likeness (QED) is 0.708. The van der Waals surface area contributed by atoms with Gasteiger partial charge in [0.2, 0.25) is 5.91 Å². The van der Waals surface area contributed by atoms with Crippen molar-refractivity contribution in [2.45, 2.75) is 25.7 Å². The fourth-order valence-corrected chi connectivity index (χ4v) is 3.68. The number of halogens is 1. The summed E-state index contributed by atoms with van der Waals surface area (Å²) in [5.41, 5.74) is 2.90. The predicted molar refractivity (Wildman–Crippen MR) is 116 cm³/mol. The molecule has 1 amide bonds. The lowest BCUT2D eigenvalue weighted by Gasteiger charge is -2.32. The predicted octanol–water partition coefficient (Wildman–Crippen LogP) is 4.20. The molecule has 0 bridgehead atoms. The van der Waals surface area contributed by atoms with E-state index in [1.165, 1.54) is 0 Å². The molecule has 28 heavy (non-hydrogen) atoms. The van der Waals surface area contributed by atoms with E-state index in [9.17, 15) is 9.59 Å². The van der Waals surface area contributed by atoms with Gasteiger partial charge in [0.05, 0.1) is 0 Å². The van der Waals surface area contributed by atoms with Gasteiger partial charge in [-0.2, -0.15) is 0 Å². The number of amides is 1. The number of benzene rings is 2. The average molecular weight is 401 g/mol. The first-order valence-corrected chi connectivity index (χ1v) is 9.78. The zero-order valence-corrected chi connectivity index (χ0v) is 17.2. The maximum absolute atomic E-state index is 12.4. The maximum Gasteiger partial charge on any atom is 0.223 e. The van der Waals surface area contributed by atoms with Gasteiger partial charge in [0, 0.05) is 31.5 Å². The topological polar surface area (TPSA) is 49.4 Å². The second-order valence-electron chi connectivity index (χ2n) is 7.25. The zero-order chi connectivity index (χ0) is 19.1. The van der Waals surface area contributed by atoms with Crippen LogP contribution in [0.25, 0.3) is 11.1 Å². The van der Waals surface area contributed by atoms with Crippen LogP contribution in [0.1, 0.15) is 36.0 Å². The van der Waals surface area contributed by atoms with Crippen LogP contribution in [0.5, 0.6) is 0 Å². The zero-order valence-electron chi connectivity index (χ0n) is 16.4. The number of likely N-dealkylation sites (tertiary alicyclic amines) is 1. The Morgan fingerprint density at radius 3 is 2.14 bits per heavy atom. The minimum Gasteiger partial charge on any atom is -0.343 e. The van der Waals surface area contributed by atoms with Crippen LogP contribution in [0.3, 0.4) is 0 Å². The molecule has 150 valence electrons. The number of hydrogen-bond donors (Lipinski definition) is 1. The summed E-state index contributed by atoms with van der Waals surface area (Å²) in [7, 11) is 1.97. The molecule has 2 aromatic rings. The van der Waals surface area contributed by atoms with Gasteiger partial charge < -0.3 is 10.2 Å². The summed E-state index contributed by atoms with van der Waals surface area (Å²) in [6.45, 7) is 2.63. The lowest BCUT2D eigenvalue weighted by molar-refractivity contribution is -0.132. The summed E-state index contributed by atoms with van der Waals surface area (Å²) in [5, 5.41) is 3.21. The normalized spacial score (nSPS) is 14.4. The SMILES string of the molecule is CNCC1CCN(C(=O)CCC(=O)c2ccc(-c3ccccc3)cc2)CC1.Cl. The molecule has 1 saturated heterocycles. The minimum atomic E-state index is 0. The summed E-state index contributed by atoms with van der Waals surface area (Å²) in [6.07, 6.45) is 2.67. The number of Topliss-reactive ketones (excluding diaryl/α,β-unsaturated/α-hetero) is 1. The number of nitrogens with zero attached hydrogens (tertiary/aromatic N) is 1. The van der Waals surface area contributed by atoms with Crippen molar-refractivity contribution >= 4 is 24.1 Å². The van der Waals surface area contributed by atoms with Gasteiger partial charge in [0.15, 0.2) is 5.78 Å². The van der Waals surface area contributed by atoms with Crippen molar-refractivity contribution in [1.82, 2.24) is 10.2 Å². The summed E-state index contributed by atoms with van der Waals surface area (Å²) in [6, 6.07) is 17.7. The van der Waals surface area contributed by atoms with Crippen molar-refractivity contribution < 1.29 is 9.59 Å². The number of rotatable bonds is 7. The molecule has 1 aliphatic heterocycles. The van der Waals surface area contributed by atoms with Crippen LogP contribution in [-0.2, 0) is 4.79 Å². The van der Waals surface area contributed by atoms with E-state index < -0.39 is 0 Å². The molecule has 0 aliphatic carbocycles.